The van der Waals surface area contributed by atoms with Crippen molar-refractivity contribution in [2.45, 2.75) is 5.22 Å². The number of carbonyl (C=O) groups excluding carboxylic acids is 1. The number of rotatable bonds is 5. The molecule has 3 aromatic rings. The number of hydrogen-bond acceptors (Lipinski definition) is 6. The van der Waals surface area contributed by atoms with Gasteiger partial charge in [-0.05, 0) is 36.4 Å². The second kappa shape index (κ2) is 5.92. The van der Waals surface area contributed by atoms with Gasteiger partial charge in [0.15, 0.2) is 11.5 Å². The van der Waals surface area contributed by atoms with Gasteiger partial charge in [0, 0.05) is 5.56 Å². The summed E-state index contributed by atoms with van der Waals surface area (Å²) in [5.41, 5.74) is 0.440. The minimum atomic E-state index is -0.376. The molecule has 0 aliphatic rings. The van der Waals surface area contributed by atoms with E-state index in [0.717, 1.165) is 11.8 Å². The molecule has 21 heavy (non-hydrogen) atoms. The molecule has 5 nitrogen and oxygen atoms in total. The quantitative estimate of drug-likeness (QED) is 0.531. The summed E-state index contributed by atoms with van der Waals surface area (Å²) >= 11 is 1.12. The van der Waals surface area contributed by atoms with Crippen LogP contribution >= 0.6 is 11.8 Å². The molecule has 7 heteroatoms. The lowest BCUT2D eigenvalue weighted by Crippen LogP contribution is -2.02. The molecule has 0 spiro atoms. The maximum atomic E-state index is 12.8. The second-order valence-corrected chi connectivity index (χ2v) is 5.00. The van der Waals surface area contributed by atoms with Crippen LogP contribution in [0.3, 0.4) is 0 Å². The van der Waals surface area contributed by atoms with Crippen molar-refractivity contribution in [3.63, 3.8) is 0 Å². The summed E-state index contributed by atoms with van der Waals surface area (Å²) < 4.78 is 23.3. The van der Waals surface area contributed by atoms with Crippen LogP contribution < -0.4 is 0 Å². The van der Waals surface area contributed by atoms with E-state index in [1.54, 1.807) is 12.1 Å². The first-order valence-electron chi connectivity index (χ1n) is 6.01. The normalized spacial score (nSPS) is 10.7. The Morgan fingerprint density at radius 3 is 2.71 bits per heavy atom. The van der Waals surface area contributed by atoms with Crippen LogP contribution in [0.5, 0.6) is 0 Å². The Kier molecular flexibility index (Phi) is 3.83. The van der Waals surface area contributed by atoms with Crippen molar-refractivity contribution in [2.75, 3.05) is 5.75 Å². The number of hydrogen-bond donors (Lipinski definition) is 0. The minimum Gasteiger partial charge on any atom is -0.459 e. The fourth-order valence-corrected chi connectivity index (χ4v) is 2.27. The smallest absolute Gasteiger partial charge is 0.284 e. The molecule has 0 radical (unpaired) electrons. The lowest BCUT2D eigenvalue weighted by molar-refractivity contribution is 0.102. The zero-order chi connectivity index (χ0) is 14.7. The lowest BCUT2D eigenvalue weighted by atomic mass is 10.1. The molecule has 0 saturated carbocycles. The summed E-state index contributed by atoms with van der Waals surface area (Å²) in [6.07, 6.45) is 1.50. The molecule has 0 amide bonds. The Hall–Kier alpha value is -2.41. The summed E-state index contributed by atoms with van der Waals surface area (Å²) in [5, 5.41) is 7.93. The fraction of sp³-hybridized carbons (Fsp3) is 0.0714. The molecule has 1 aromatic carbocycles. The van der Waals surface area contributed by atoms with Crippen molar-refractivity contribution < 1.29 is 18.0 Å². The van der Waals surface area contributed by atoms with Gasteiger partial charge in [0.2, 0.25) is 0 Å². The highest BCUT2D eigenvalue weighted by Gasteiger charge is 2.13. The maximum absolute atomic E-state index is 12.8. The SMILES string of the molecule is O=C(CSc1nnc(-c2ccco2)o1)c1ccc(F)cc1. The summed E-state index contributed by atoms with van der Waals surface area (Å²) in [6, 6.07) is 8.80. The van der Waals surface area contributed by atoms with Crippen LogP contribution in [0, 0.1) is 5.82 Å². The molecule has 0 saturated heterocycles. The predicted octanol–water partition coefficient (Wildman–Crippen LogP) is 3.44. The van der Waals surface area contributed by atoms with E-state index in [1.165, 1.54) is 30.5 Å². The third kappa shape index (κ3) is 3.19. The van der Waals surface area contributed by atoms with Crippen LogP contribution in [0.4, 0.5) is 4.39 Å². The first kappa shape index (κ1) is 13.6. The molecule has 0 unspecified atom stereocenters. The molecule has 0 atom stereocenters. The van der Waals surface area contributed by atoms with E-state index in [4.69, 9.17) is 8.83 Å². The van der Waals surface area contributed by atoms with Crippen molar-refractivity contribution in [1.82, 2.24) is 10.2 Å². The Morgan fingerprint density at radius 1 is 1.19 bits per heavy atom. The molecule has 106 valence electrons. The van der Waals surface area contributed by atoms with Crippen LogP contribution in [-0.4, -0.2) is 21.7 Å². The second-order valence-electron chi connectivity index (χ2n) is 4.07. The largest absolute Gasteiger partial charge is 0.459 e. The number of thioether (sulfide) groups is 1. The molecule has 0 N–H and O–H groups in total. The molecular weight excluding hydrogens is 295 g/mol. The average molecular weight is 304 g/mol. The molecule has 2 heterocycles. The van der Waals surface area contributed by atoms with Crippen LogP contribution in [0.1, 0.15) is 10.4 Å². The van der Waals surface area contributed by atoms with Gasteiger partial charge in [-0.2, -0.15) is 0 Å². The highest BCUT2D eigenvalue weighted by Crippen LogP contribution is 2.23. The molecule has 3 rings (SSSR count). The molecule has 0 aliphatic carbocycles. The predicted molar refractivity (Wildman–Crippen MR) is 73.5 cm³/mol. The lowest BCUT2D eigenvalue weighted by Gasteiger charge is -1.98. The summed E-state index contributed by atoms with van der Waals surface area (Å²) in [7, 11) is 0. The van der Waals surface area contributed by atoms with E-state index in [1.807, 2.05) is 0 Å². The van der Waals surface area contributed by atoms with Gasteiger partial charge >= 0.3 is 0 Å². The molecule has 0 aliphatic heterocycles. The molecule has 2 aromatic heterocycles. The number of aromatic nitrogens is 2. The molecular formula is C14H9FN2O3S. The van der Waals surface area contributed by atoms with Gasteiger partial charge in [-0.3, -0.25) is 4.79 Å². The number of carbonyl (C=O) groups is 1. The van der Waals surface area contributed by atoms with E-state index in [9.17, 15) is 9.18 Å². The maximum Gasteiger partial charge on any atom is 0.284 e. The number of nitrogens with zero attached hydrogens (tertiary/aromatic N) is 2. The van der Waals surface area contributed by atoms with Gasteiger partial charge in [-0.1, -0.05) is 11.8 Å². The zero-order valence-electron chi connectivity index (χ0n) is 10.7. The summed E-state index contributed by atoms with van der Waals surface area (Å²) in [5.74, 6) is 0.346. The Labute approximate surface area is 123 Å². The van der Waals surface area contributed by atoms with Gasteiger partial charge in [0.05, 0.1) is 12.0 Å². The summed E-state index contributed by atoms with van der Waals surface area (Å²) in [4.78, 5) is 11.9. The minimum absolute atomic E-state index is 0.130. The van der Waals surface area contributed by atoms with E-state index in [-0.39, 0.29) is 28.5 Å². The molecule has 0 fully saturated rings. The summed E-state index contributed by atoms with van der Waals surface area (Å²) in [6.45, 7) is 0. The zero-order valence-corrected chi connectivity index (χ0v) is 11.5. The Bertz CT molecular complexity index is 738. The van der Waals surface area contributed by atoms with Gasteiger partial charge in [0.1, 0.15) is 5.82 Å². The van der Waals surface area contributed by atoms with Gasteiger partial charge < -0.3 is 8.83 Å². The van der Waals surface area contributed by atoms with E-state index in [0.29, 0.717) is 11.3 Å². The number of Topliss-reactive ketones (excluding diaryl/α,β-unsaturated/α-hetero) is 1. The highest BCUT2D eigenvalue weighted by atomic mass is 32.2. The van der Waals surface area contributed by atoms with E-state index >= 15 is 0 Å². The van der Waals surface area contributed by atoms with E-state index in [2.05, 4.69) is 10.2 Å². The van der Waals surface area contributed by atoms with Crippen molar-refractivity contribution in [1.29, 1.82) is 0 Å². The van der Waals surface area contributed by atoms with Gasteiger partial charge in [-0.15, -0.1) is 10.2 Å². The molecule has 0 bridgehead atoms. The van der Waals surface area contributed by atoms with Gasteiger partial charge in [0.25, 0.3) is 11.1 Å². The number of ketones is 1. The van der Waals surface area contributed by atoms with Crippen LogP contribution in [0.25, 0.3) is 11.7 Å². The number of benzene rings is 1. The Morgan fingerprint density at radius 2 is 2.00 bits per heavy atom. The number of halogens is 1. The number of furan rings is 1. The van der Waals surface area contributed by atoms with Crippen molar-refractivity contribution >= 4 is 17.5 Å². The third-order valence-electron chi connectivity index (χ3n) is 2.63. The van der Waals surface area contributed by atoms with Crippen molar-refractivity contribution in [2.24, 2.45) is 0 Å². The first-order valence-corrected chi connectivity index (χ1v) is 7.00. The standard InChI is InChI=1S/C14H9FN2O3S/c15-10-5-3-9(4-6-10)11(18)8-21-14-17-16-13(20-14)12-2-1-7-19-12/h1-7H,8H2. The average Bonchev–Trinajstić information content (AvgIpc) is 3.16. The fourth-order valence-electron chi connectivity index (χ4n) is 1.61. The van der Waals surface area contributed by atoms with Crippen molar-refractivity contribution in [3.8, 4) is 11.7 Å². The Balaban J connectivity index is 1.62. The van der Waals surface area contributed by atoms with E-state index < -0.39 is 0 Å². The monoisotopic (exact) mass is 304 g/mol. The van der Waals surface area contributed by atoms with Crippen LogP contribution in [-0.2, 0) is 0 Å². The highest BCUT2D eigenvalue weighted by molar-refractivity contribution is 7.99. The topological polar surface area (TPSA) is 69.1 Å². The van der Waals surface area contributed by atoms with Gasteiger partial charge in [-0.25, -0.2) is 4.39 Å². The third-order valence-corrected chi connectivity index (χ3v) is 3.45. The van der Waals surface area contributed by atoms with Crippen molar-refractivity contribution in [3.05, 3.63) is 54.0 Å². The first-order chi connectivity index (χ1) is 10.2. The van der Waals surface area contributed by atoms with Crippen LogP contribution in [0.2, 0.25) is 0 Å². The van der Waals surface area contributed by atoms with Crippen LogP contribution in [0.15, 0.2) is 56.7 Å².